The number of nitrogen functional groups attached to an aromatic ring is 1. The Morgan fingerprint density at radius 3 is 2.78 bits per heavy atom. The first-order valence-corrected chi connectivity index (χ1v) is 5.12. The van der Waals surface area contributed by atoms with Gasteiger partial charge in [0.2, 0.25) is 5.95 Å². The van der Waals surface area contributed by atoms with Gasteiger partial charge in [-0.3, -0.25) is 5.43 Å². The molecule has 0 amide bonds. The van der Waals surface area contributed by atoms with E-state index in [9.17, 15) is 8.78 Å². The number of nitrogens with one attached hydrogen (secondary N) is 2. The van der Waals surface area contributed by atoms with Crippen LogP contribution in [-0.2, 0) is 0 Å². The molecule has 0 unspecified atom stereocenters. The molecule has 0 saturated carbocycles. The number of hydrazine groups is 1. The number of hydrogen-bond acceptors (Lipinski definition) is 5. The Balaban J connectivity index is 2.36. The molecule has 0 fully saturated rings. The van der Waals surface area contributed by atoms with Gasteiger partial charge in [0.05, 0.1) is 6.20 Å². The normalized spacial score (nSPS) is 10.2. The fourth-order valence-corrected chi connectivity index (χ4v) is 1.38. The summed E-state index contributed by atoms with van der Waals surface area (Å²) in [6.07, 6.45) is 0.971. The fraction of sp³-hybridized carbons (Fsp3) is 0.0909. The number of nitrogens with zero attached hydrogens (tertiary/aromatic N) is 2. The van der Waals surface area contributed by atoms with Gasteiger partial charge in [0.1, 0.15) is 5.82 Å². The van der Waals surface area contributed by atoms with Crippen molar-refractivity contribution in [2.45, 2.75) is 6.92 Å². The molecule has 0 spiro atoms. The molecule has 0 radical (unpaired) electrons. The van der Waals surface area contributed by atoms with E-state index < -0.39 is 11.6 Å². The number of benzene rings is 1. The molecule has 1 aromatic carbocycles. The van der Waals surface area contributed by atoms with Crippen molar-refractivity contribution in [3.63, 3.8) is 0 Å². The molecule has 1 aromatic heterocycles. The smallest absolute Gasteiger partial charge is 0.239 e. The van der Waals surface area contributed by atoms with Gasteiger partial charge in [-0.1, -0.05) is 6.07 Å². The Kier molecular flexibility index (Phi) is 3.33. The van der Waals surface area contributed by atoms with E-state index in [-0.39, 0.29) is 11.8 Å². The second-order valence-corrected chi connectivity index (χ2v) is 3.62. The molecule has 94 valence electrons. The summed E-state index contributed by atoms with van der Waals surface area (Å²) in [5, 5.41) is 2.69. The van der Waals surface area contributed by atoms with E-state index in [2.05, 4.69) is 20.7 Å². The third-order valence-corrected chi connectivity index (χ3v) is 2.33. The van der Waals surface area contributed by atoms with Crippen LogP contribution in [0.2, 0.25) is 0 Å². The number of hydrogen-bond donors (Lipinski definition) is 3. The first-order valence-electron chi connectivity index (χ1n) is 5.12. The minimum absolute atomic E-state index is 0.0629. The van der Waals surface area contributed by atoms with Gasteiger partial charge in [-0.25, -0.2) is 19.6 Å². The zero-order chi connectivity index (χ0) is 13.1. The Bertz CT molecular complexity index is 573. The van der Waals surface area contributed by atoms with Crippen LogP contribution in [0, 0.1) is 18.6 Å². The summed E-state index contributed by atoms with van der Waals surface area (Å²) in [6, 6.07) is 4.16. The number of aryl methyl sites for hydroxylation is 1. The maximum Gasteiger partial charge on any atom is 0.239 e. The third kappa shape index (κ3) is 2.51. The number of rotatable bonds is 3. The van der Waals surface area contributed by atoms with Crippen molar-refractivity contribution in [3.8, 4) is 0 Å². The summed E-state index contributed by atoms with van der Waals surface area (Å²) in [6.45, 7) is 1.77. The lowest BCUT2D eigenvalue weighted by atomic mass is 10.2. The first kappa shape index (κ1) is 12.2. The van der Waals surface area contributed by atoms with Crippen molar-refractivity contribution < 1.29 is 8.78 Å². The number of aromatic nitrogens is 2. The Morgan fingerprint density at radius 2 is 2.06 bits per heavy atom. The van der Waals surface area contributed by atoms with Crippen LogP contribution in [0.25, 0.3) is 0 Å². The topological polar surface area (TPSA) is 75.9 Å². The summed E-state index contributed by atoms with van der Waals surface area (Å²) < 4.78 is 26.6. The van der Waals surface area contributed by atoms with Gasteiger partial charge < -0.3 is 5.32 Å². The second kappa shape index (κ2) is 4.92. The maximum absolute atomic E-state index is 13.5. The summed E-state index contributed by atoms with van der Waals surface area (Å²) in [4.78, 5) is 7.40. The van der Waals surface area contributed by atoms with E-state index in [1.165, 1.54) is 12.1 Å². The van der Waals surface area contributed by atoms with Gasteiger partial charge in [0, 0.05) is 5.69 Å². The lowest BCUT2D eigenvalue weighted by Crippen LogP contribution is -2.12. The Morgan fingerprint density at radius 1 is 1.28 bits per heavy atom. The molecule has 1 heterocycles. The molecular formula is C11H11F2N5. The SMILES string of the molecule is Cc1ccc(F)cc1Nc1nc(NN)ncc1F. The van der Waals surface area contributed by atoms with E-state index in [0.717, 1.165) is 11.8 Å². The summed E-state index contributed by atoms with van der Waals surface area (Å²) in [5.41, 5.74) is 3.39. The van der Waals surface area contributed by atoms with Gasteiger partial charge in [-0.05, 0) is 24.6 Å². The number of halogens is 2. The van der Waals surface area contributed by atoms with Gasteiger partial charge in [-0.2, -0.15) is 4.98 Å². The molecule has 18 heavy (non-hydrogen) atoms. The standard InChI is InChI=1S/C11H11F2N5/c1-6-2-3-7(12)4-9(6)16-10-8(13)5-15-11(17-10)18-14/h2-5H,14H2,1H3,(H2,15,16,17,18). The Hall–Kier alpha value is -2.28. The average molecular weight is 251 g/mol. The zero-order valence-electron chi connectivity index (χ0n) is 9.54. The molecule has 0 atom stereocenters. The quantitative estimate of drug-likeness (QED) is 0.575. The first-order chi connectivity index (χ1) is 8.60. The monoisotopic (exact) mass is 251 g/mol. The highest BCUT2D eigenvalue weighted by Gasteiger charge is 2.08. The minimum atomic E-state index is -0.655. The van der Waals surface area contributed by atoms with Crippen LogP contribution in [0.5, 0.6) is 0 Å². The van der Waals surface area contributed by atoms with Crippen LogP contribution in [0.4, 0.5) is 26.2 Å². The van der Waals surface area contributed by atoms with Crippen molar-refractivity contribution in [1.82, 2.24) is 9.97 Å². The second-order valence-electron chi connectivity index (χ2n) is 3.62. The average Bonchev–Trinajstić information content (AvgIpc) is 2.36. The van der Waals surface area contributed by atoms with E-state index in [1.807, 2.05) is 0 Å². The van der Waals surface area contributed by atoms with Gasteiger partial charge >= 0.3 is 0 Å². The largest absolute Gasteiger partial charge is 0.337 e. The molecule has 7 heteroatoms. The molecule has 0 aliphatic carbocycles. The van der Waals surface area contributed by atoms with Crippen LogP contribution >= 0.6 is 0 Å². The highest BCUT2D eigenvalue weighted by atomic mass is 19.1. The molecule has 0 aliphatic heterocycles. The predicted molar refractivity (Wildman–Crippen MR) is 64.2 cm³/mol. The van der Waals surface area contributed by atoms with E-state index >= 15 is 0 Å². The van der Waals surface area contributed by atoms with E-state index in [1.54, 1.807) is 13.0 Å². The number of nitrogens with two attached hydrogens (primary N) is 1. The highest BCUT2D eigenvalue weighted by Crippen LogP contribution is 2.22. The van der Waals surface area contributed by atoms with Gasteiger partial charge in [0.15, 0.2) is 11.6 Å². The van der Waals surface area contributed by atoms with Crippen molar-refractivity contribution in [3.05, 3.63) is 41.6 Å². The zero-order valence-corrected chi connectivity index (χ0v) is 9.54. The van der Waals surface area contributed by atoms with E-state index in [0.29, 0.717) is 5.69 Å². The molecule has 0 bridgehead atoms. The molecule has 0 aliphatic rings. The van der Waals surface area contributed by atoms with Gasteiger partial charge in [-0.15, -0.1) is 0 Å². The minimum Gasteiger partial charge on any atom is -0.337 e. The van der Waals surface area contributed by atoms with Crippen LogP contribution < -0.4 is 16.6 Å². The van der Waals surface area contributed by atoms with E-state index in [4.69, 9.17) is 5.84 Å². The molecule has 5 nitrogen and oxygen atoms in total. The third-order valence-electron chi connectivity index (χ3n) is 2.33. The summed E-state index contributed by atoms with van der Waals surface area (Å²) >= 11 is 0. The van der Waals surface area contributed by atoms with Crippen molar-refractivity contribution >= 4 is 17.5 Å². The highest BCUT2D eigenvalue weighted by molar-refractivity contribution is 5.61. The lowest BCUT2D eigenvalue weighted by Gasteiger charge is -2.10. The lowest BCUT2D eigenvalue weighted by molar-refractivity contribution is 0.618. The number of anilines is 3. The van der Waals surface area contributed by atoms with Crippen LogP contribution in [0.3, 0.4) is 0 Å². The van der Waals surface area contributed by atoms with Gasteiger partial charge in [0.25, 0.3) is 0 Å². The van der Waals surface area contributed by atoms with Crippen LogP contribution in [0.1, 0.15) is 5.56 Å². The fourth-order valence-electron chi connectivity index (χ4n) is 1.38. The van der Waals surface area contributed by atoms with Crippen molar-refractivity contribution in [2.24, 2.45) is 5.84 Å². The molecule has 4 N–H and O–H groups in total. The molecular weight excluding hydrogens is 240 g/mol. The van der Waals surface area contributed by atoms with Crippen molar-refractivity contribution in [2.75, 3.05) is 10.7 Å². The summed E-state index contributed by atoms with van der Waals surface area (Å²) in [7, 11) is 0. The maximum atomic E-state index is 13.5. The van der Waals surface area contributed by atoms with Crippen molar-refractivity contribution in [1.29, 1.82) is 0 Å². The molecule has 2 rings (SSSR count). The molecule has 0 saturated heterocycles. The Labute approximate surface area is 102 Å². The van der Waals surface area contributed by atoms with Crippen LogP contribution in [0.15, 0.2) is 24.4 Å². The predicted octanol–water partition coefficient (Wildman–Crippen LogP) is 2.09. The van der Waals surface area contributed by atoms with Crippen LogP contribution in [-0.4, -0.2) is 9.97 Å². The molecule has 2 aromatic rings. The summed E-state index contributed by atoms with van der Waals surface area (Å²) in [5.74, 6) is 4.04.